The summed E-state index contributed by atoms with van der Waals surface area (Å²) in [5.74, 6) is 0. The Kier molecular flexibility index (Phi) is 2.70. The Balaban J connectivity index is 3.03. The SMILES string of the molecule is CC(C)(C)N1C=[N+](C(C)(C)C)CC1(C)C. The Labute approximate surface area is 95.0 Å². The van der Waals surface area contributed by atoms with Gasteiger partial charge in [0.25, 0.3) is 0 Å². The fourth-order valence-electron chi connectivity index (χ4n) is 2.32. The van der Waals surface area contributed by atoms with E-state index in [1.54, 1.807) is 0 Å². The third kappa shape index (κ3) is 2.53. The van der Waals surface area contributed by atoms with Crippen LogP contribution in [0.15, 0.2) is 0 Å². The molecule has 0 aromatic rings. The lowest BCUT2D eigenvalue weighted by atomic mass is 9.96. The van der Waals surface area contributed by atoms with Crippen molar-refractivity contribution in [2.75, 3.05) is 6.54 Å². The van der Waals surface area contributed by atoms with Gasteiger partial charge in [0.05, 0.1) is 11.1 Å². The van der Waals surface area contributed by atoms with Crippen LogP contribution < -0.4 is 0 Å². The van der Waals surface area contributed by atoms with E-state index < -0.39 is 0 Å². The summed E-state index contributed by atoms with van der Waals surface area (Å²) in [4.78, 5) is 2.48. The third-order valence-electron chi connectivity index (χ3n) is 3.05. The molecular formula is C13H27N2+. The van der Waals surface area contributed by atoms with Gasteiger partial charge in [-0.15, -0.1) is 0 Å². The maximum absolute atomic E-state index is 2.48. The topological polar surface area (TPSA) is 6.25 Å². The van der Waals surface area contributed by atoms with Crippen LogP contribution in [0.25, 0.3) is 0 Å². The molecule has 0 amide bonds. The largest absolute Gasteiger partial charge is 0.259 e. The Morgan fingerprint density at radius 1 is 1.07 bits per heavy atom. The molecule has 0 saturated carbocycles. The van der Waals surface area contributed by atoms with Gasteiger partial charge in [0.2, 0.25) is 6.34 Å². The Morgan fingerprint density at radius 3 is 1.73 bits per heavy atom. The normalized spacial score (nSPS) is 21.9. The number of nitrogens with zero attached hydrogens (tertiary/aromatic N) is 2. The monoisotopic (exact) mass is 211 g/mol. The molecule has 0 unspecified atom stereocenters. The zero-order chi connectivity index (χ0) is 12.1. The van der Waals surface area contributed by atoms with Gasteiger partial charge >= 0.3 is 0 Å². The summed E-state index contributed by atoms with van der Waals surface area (Å²) >= 11 is 0. The van der Waals surface area contributed by atoms with Crippen LogP contribution in [0.3, 0.4) is 0 Å². The molecule has 88 valence electrons. The molecule has 0 N–H and O–H groups in total. The predicted octanol–water partition coefficient (Wildman–Crippen LogP) is 2.72. The van der Waals surface area contributed by atoms with Crippen molar-refractivity contribution >= 4 is 6.34 Å². The van der Waals surface area contributed by atoms with Crippen LogP contribution >= 0.6 is 0 Å². The van der Waals surface area contributed by atoms with Gasteiger partial charge in [0.15, 0.2) is 0 Å². The summed E-state index contributed by atoms with van der Waals surface area (Å²) in [5, 5.41) is 0. The van der Waals surface area contributed by atoms with E-state index in [4.69, 9.17) is 0 Å². The molecule has 2 nitrogen and oxygen atoms in total. The van der Waals surface area contributed by atoms with Gasteiger partial charge in [-0.05, 0) is 55.4 Å². The molecule has 0 aromatic carbocycles. The molecule has 1 rings (SSSR count). The summed E-state index contributed by atoms with van der Waals surface area (Å²) in [5.41, 5.74) is 0.645. The molecule has 0 spiro atoms. The van der Waals surface area contributed by atoms with E-state index in [9.17, 15) is 0 Å². The summed E-state index contributed by atoms with van der Waals surface area (Å²) < 4.78 is 2.44. The molecule has 15 heavy (non-hydrogen) atoms. The maximum Gasteiger partial charge on any atom is 0.235 e. The van der Waals surface area contributed by atoms with Gasteiger partial charge in [-0.3, -0.25) is 9.48 Å². The highest BCUT2D eigenvalue weighted by molar-refractivity contribution is 5.54. The van der Waals surface area contributed by atoms with Crippen molar-refractivity contribution < 1.29 is 4.58 Å². The standard InChI is InChI=1S/C13H27N2/c1-11(2,3)14-9-13(7,8)15(10-14)12(4,5)6/h10H,9H2,1-8H3/q+1. The third-order valence-corrected chi connectivity index (χ3v) is 3.05. The highest BCUT2D eigenvalue weighted by Gasteiger charge is 2.47. The minimum Gasteiger partial charge on any atom is -0.259 e. The van der Waals surface area contributed by atoms with Gasteiger partial charge in [0, 0.05) is 0 Å². The second-order valence-electron chi connectivity index (χ2n) is 7.27. The van der Waals surface area contributed by atoms with E-state index in [1.165, 1.54) is 0 Å². The van der Waals surface area contributed by atoms with E-state index in [1.807, 2.05) is 0 Å². The fourth-order valence-corrected chi connectivity index (χ4v) is 2.32. The van der Waals surface area contributed by atoms with Crippen LogP contribution in [0.2, 0.25) is 0 Å². The van der Waals surface area contributed by atoms with Crippen LogP contribution in [-0.4, -0.2) is 39.0 Å². The lowest BCUT2D eigenvalue weighted by molar-refractivity contribution is -0.590. The Hall–Kier alpha value is -0.530. The van der Waals surface area contributed by atoms with Crippen molar-refractivity contribution in [3.63, 3.8) is 0 Å². The van der Waals surface area contributed by atoms with E-state index in [0.717, 1.165) is 6.54 Å². The fraction of sp³-hybridized carbons (Fsp3) is 0.923. The zero-order valence-electron chi connectivity index (χ0n) is 11.7. The summed E-state index contributed by atoms with van der Waals surface area (Å²) in [7, 11) is 0. The van der Waals surface area contributed by atoms with Crippen molar-refractivity contribution in [3.05, 3.63) is 0 Å². The lowest BCUT2D eigenvalue weighted by Crippen LogP contribution is -2.51. The second-order valence-corrected chi connectivity index (χ2v) is 7.27. The number of hydrogen-bond acceptors (Lipinski definition) is 1. The first kappa shape index (κ1) is 12.5. The zero-order valence-corrected chi connectivity index (χ0v) is 11.7. The maximum atomic E-state index is 2.48. The average molecular weight is 211 g/mol. The average Bonchev–Trinajstić information content (AvgIpc) is 2.22. The van der Waals surface area contributed by atoms with Gasteiger partial charge in [-0.25, -0.2) is 0 Å². The van der Waals surface area contributed by atoms with Crippen molar-refractivity contribution in [1.82, 2.24) is 4.90 Å². The number of hydrogen-bond donors (Lipinski definition) is 0. The highest BCUT2D eigenvalue weighted by Crippen LogP contribution is 2.29. The molecule has 1 aliphatic rings. The van der Waals surface area contributed by atoms with Crippen molar-refractivity contribution in [2.24, 2.45) is 0 Å². The van der Waals surface area contributed by atoms with Crippen LogP contribution in [0, 0.1) is 0 Å². The van der Waals surface area contributed by atoms with E-state index >= 15 is 0 Å². The number of rotatable bonds is 0. The smallest absolute Gasteiger partial charge is 0.235 e. The molecule has 0 aromatic heterocycles. The molecule has 0 fully saturated rings. The minimum absolute atomic E-state index is 0.198. The molecule has 1 heterocycles. The summed E-state index contributed by atoms with van der Waals surface area (Å²) in [6, 6.07) is 0. The second kappa shape index (κ2) is 3.23. The van der Waals surface area contributed by atoms with Gasteiger partial charge < -0.3 is 0 Å². The van der Waals surface area contributed by atoms with Crippen LogP contribution in [0.5, 0.6) is 0 Å². The minimum atomic E-state index is 0.198. The van der Waals surface area contributed by atoms with E-state index in [0.29, 0.717) is 0 Å². The molecule has 0 atom stereocenters. The Bertz CT molecular complexity index is 274. The van der Waals surface area contributed by atoms with Crippen molar-refractivity contribution in [2.45, 2.75) is 72.0 Å². The molecule has 0 bridgehead atoms. The molecule has 0 aliphatic carbocycles. The molecule has 0 radical (unpaired) electrons. The van der Waals surface area contributed by atoms with Crippen LogP contribution in [0.1, 0.15) is 55.4 Å². The Morgan fingerprint density at radius 2 is 1.53 bits per heavy atom. The molecule has 0 saturated heterocycles. The lowest BCUT2D eigenvalue weighted by Gasteiger charge is -2.34. The predicted molar refractivity (Wildman–Crippen MR) is 66.6 cm³/mol. The van der Waals surface area contributed by atoms with E-state index in [2.05, 4.69) is 71.2 Å². The van der Waals surface area contributed by atoms with Gasteiger partial charge in [-0.2, -0.15) is 0 Å². The van der Waals surface area contributed by atoms with Crippen LogP contribution in [-0.2, 0) is 0 Å². The first-order chi connectivity index (χ1) is 6.44. The first-order valence-corrected chi connectivity index (χ1v) is 5.86. The molecule has 1 aliphatic heterocycles. The first-order valence-electron chi connectivity index (χ1n) is 5.86. The molecular weight excluding hydrogens is 184 g/mol. The van der Waals surface area contributed by atoms with Gasteiger partial charge in [-0.1, -0.05) is 0 Å². The van der Waals surface area contributed by atoms with Gasteiger partial charge in [0.1, 0.15) is 12.1 Å². The summed E-state index contributed by atoms with van der Waals surface area (Å²) in [6.45, 7) is 19.4. The molecule has 2 heteroatoms. The quantitative estimate of drug-likeness (QED) is 0.558. The van der Waals surface area contributed by atoms with E-state index in [-0.39, 0.29) is 16.6 Å². The van der Waals surface area contributed by atoms with Crippen LogP contribution in [0.4, 0.5) is 0 Å². The highest BCUT2D eigenvalue weighted by atomic mass is 15.4. The van der Waals surface area contributed by atoms with Crippen molar-refractivity contribution in [3.8, 4) is 0 Å². The van der Waals surface area contributed by atoms with Crippen molar-refractivity contribution in [1.29, 1.82) is 0 Å². The summed E-state index contributed by atoms with van der Waals surface area (Å²) in [6.07, 6.45) is 2.31.